The van der Waals surface area contributed by atoms with Crippen LogP contribution in [0.25, 0.3) is 0 Å². The second-order valence-electron chi connectivity index (χ2n) is 6.55. The van der Waals surface area contributed by atoms with Crippen LogP contribution in [0.4, 0.5) is 0 Å². The average Bonchev–Trinajstić information content (AvgIpc) is 2.59. The average molecular weight is 438 g/mol. The summed E-state index contributed by atoms with van der Waals surface area (Å²) < 4.78 is 51.8. The fourth-order valence-corrected chi connectivity index (χ4v) is 5.01. The number of piperidine rings is 1. The summed E-state index contributed by atoms with van der Waals surface area (Å²) in [5.41, 5.74) is 0. The van der Waals surface area contributed by atoms with E-state index in [1.54, 1.807) is 17.0 Å². The van der Waals surface area contributed by atoms with E-state index >= 15 is 0 Å². The molecule has 1 aromatic rings. The van der Waals surface area contributed by atoms with Gasteiger partial charge >= 0.3 is 0 Å². The number of likely N-dealkylation sites (tertiary alicyclic amines) is 1. The number of carbonyl (C=O) groups is 1. The van der Waals surface area contributed by atoms with E-state index in [1.165, 1.54) is 12.1 Å². The Morgan fingerprint density at radius 2 is 1.93 bits per heavy atom. The van der Waals surface area contributed by atoms with Crippen LogP contribution in [0.5, 0.6) is 0 Å². The van der Waals surface area contributed by atoms with Gasteiger partial charge in [-0.2, -0.15) is 0 Å². The Morgan fingerprint density at radius 1 is 1.22 bits per heavy atom. The SMILES string of the molecule is CS(=O)(=O)NCC1CCCN(C(=O)CCNS(=O)(=O)c2ccccc2Cl)C1. The minimum Gasteiger partial charge on any atom is -0.342 e. The number of nitrogens with zero attached hydrogens (tertiary/aromatic N) is 1. The number of amides is 1. The van der Waals surface area contributed by atoms with E-state index in [0.29, 0.717) is 19.6 Å². The highest BCUT2D eigenvalue weighted by Gasteiger charge is 2.24. The summed E-state index contributed by atoms with van der Waals surface area (Å²) in [6.07, 6.45) is 2.75. The van der Waals surface area contributed by atoms with Crippen LogP contribution in [0, 0.1) is 5.92 Å². The number of nitrogens with one attached hydrogen (secondary N) is 2. The summed E-state index contributed by atoms with van der Waals surface area (Å²) in [7, 11) is -7.05. The molecule has 27 heavy (non-hydrogen) atoms. The molecule has 0 saturated carbocycles. The number of hydrogen-bond donors (Lipinski definition) is 2. The first-order valence-electron chi connectivity index (χ1n) is 8.55. The second-order valence-corrected chi connectivity index (χ2v) is 10.5. The minimum absolute atomic E-state index is 0.0237. The van der Waals surface area contributed by atoms with E-state index in [-0.39, 0.29) is 34.7 Å². The van der Waals surface area contributed by atoms with E-state index in [9.17, 15) is 21.6 Å². The molecule has 1 saturated heterocycles. The van der Waals surface area contributed by atoms with Gasteiger partial charge in [0, 0.05) is 32.6 Å². The zero-order chi connectivity index (χ0) is 20.1. The van der Waals surface area contributed by atoms with Crippen molar-refractivity contribution in [1.82, 2.24) is 14.3 Å². The Balaban J connectivity index is 1.84. The highest BCUT2D eigenvalue weighted by Crippen LogP contribution is 2.20. The number of halogens is 1. The Bertz CT molecular complexity index is 874. The second kappa shape index (κ2) is 9.33. The summed E-state index contributed by atoms with van der Waals surface area (Å²) >= 11 is 5.91. The van der Waals surface area contributed by atoms with E-state index in [1.807, 2.05) is 0 Å². The lowest BCUT2D eigenvalue weighted by Gasteiger charge is -2.32. The molecule has 0 spiro atoms. The maximum atomic E-state index is 12.4. The Labute approximate surface area is 165 Å². The van der Waals surface area contributed by atoms with Crippen LogP contribution in [-0.4, -0.2) is 60.1 Å². The molecular weight excluding hydrogens is 414 g/mol. The van der Waals surface area contributed by atoms with Gasteiger partial charge in [0.15, 0.2) is 0 Å². The fourth-order valence-electron chi connectivity index (χ4n) is 2.92. The van der Waals surface area contributed by atoms with Gasteiger partial charge in [-0.1, -0.05) is 23.7 Å². The first-order chi connectivity index (χ1) is 12.6. The molecule has 0 bridgehead atoms. The number of sulfonamides is 2. The molecule has 11 heteroatoms. The number of rotatable bonds is 8. The largest absolute Gasteiger partial charge is 0.342 e. The highest BCUT2D eigenvalue weighted by molar-refractivity contribution is 7.89. The van der Waals surface area contributed by atoms with Gasteiger partial charge in [0.2, 0.25) is 26.0 Å². The predicted octanol–water partition coefficient (Wildman–Crippen LogP) is 0.796. The molecule has 1 fully saturated rings. The molecule has 1 heterocycles. The monoisotopic (exact) mass is 437 g/mol. The molecule has 2 N–H and O–H groups in total. The van der Waals surface area contributed by atoms with Crippen LogP contribution in [0.1, 0.15) is 19.3 Å². The number of benzene rings is 1. The summed E-state index contributed by atoms with van der Waals surface area (Å²) in [4.78, 5) is 14.0. The first-order valence-corrected chi connectivity index (χ1v) is 12.3. The third kappa shape index (κ3) is 7.04. The molecule has 2 rings (SSSR count). The molecule has 8 nitrogen and oxygen atoms in total. The summed E-state index contributed by atoms with van der Waals surface area (Å²) in [5.74, 6) is -0.113. The van der Waals surface area contributed by atoms with E-state index in [0.717, 1.165) is 19.1 Å². The van der Waals surface area contributed by atoms with Crippen LogP contribution in [0.15, 0.2) is 29.2 Å². The van der Waals surface area contributed by atoms with Crippen molar-refractivity contribution in [2.45, 2.75) is 24.2 Å². The lowest BCUT2D eigenvalue weighted by molar-refractivity contribution is -0.132. The van der Waals surface area contributed by atoms with Crippen molar-refractivity contribution in [3.05, 3.63) is 29.3 Å². The van der Waals surface area contributed by atoms with Gasteiger partial charge in [-0.3, -0.25) is 4.79 Å². The summed E-state index contributed by atoms with van der Waals surface area (Å²) in [6.45, 7) is 1.31. The summed E-state index contributed by atoms with van der Waals surface area (Å²) in [6, 6.07) is 6.09. The highest BCUT2D eigenvalue weighted by atomic mass is 35.5. The quantitative estimate of drug-likeness (QED) is 0.624. The molecule has 152 valence electrons. The van der Waals surface area contributed by atoms with Crippen LogP contribution >= 0.6 is 11.6 Å². The van der Waals surface area contributed by atoms with E-state index in [2.05, 4.69) is 9.44 Å². The van der Waals surface area contributed by atoms with Crippen LogP contribution in [0.2, 0.25) is 5.02 Å². The molecule has 0 aliphatic carbocycles. The molecule has 1 aromatic carbocycles. The molecule has 1 unspecified atom stereocenters. The normalized spacial score (nSPS) is 18.4. The van der Waals surface area contributed by atoms with Crippen molar-refractivity contribution in [2.24, 2.45) is 5.92 Å². The van der Waals surface area contributed by atoms with Crippen LogP contribution in [-0.2, 0) is 24.8 Å². The van der Waals surface area contributed by atoms with Crippen molar-refractivity contribution in [1.29, 1.82) is 0 Å². The Hall–Kier alpha value is -1.20. The summed E-state index contributed by atoms with van der Waals surface area (Å²) in [5, 5.41) is 0.119. The zero-order valence-electron chi connectivity index (χ0n) is 15.0. The van der Waals surface area contributed by atoms with E-state index in [4.69, 9.17) is 11.6 Å². The third-order valence-corrected chi connectivity index (χ3v) is 6.91. The van der Waals surface area contributed by atoms with Gasteiger partial charge in [-0.05, 0) is 30.9 Å². The van der Waals surface area contributed by atoms with E-state index < -0.39 is 20.0 Å². The van der Waals surface area contributed by atoms with Gasteiger partial charge in [-0.25, -0.2) is 26.3 Å². The minimum atomic E-state index is -3.78. The van der Waals surface area contributed by atoms with Crippen molar-refractivity contribution in [3.8, 4) is 0 Å². The molecular formula is C16H24ClN3O5S2. The lowest BCUT2D eigenvalue weighted by Crippen LogP contribution is -2.44. The number of hydrogen-bond acceptors (Lipinski definition) is 5. The molecule has 1 amide bonds. The maximum Gasteiger partial charge on any atom is 0.242 e. The van der Waals surface area contributed by atoms with Crippen molar-refractivity contribution in [2.75, 3.05) is 32.4 Å². The van der Waals surface area contributed by atoms with Gasteiger partial charge in [-0.15, -0.1) is 0 Å². The van der Waals surface area contributed by atoms with Crippen molar-refractivity contribution < 1.29 is 21.6 Å². The Kier molecular flexibility index (Phi) is 7.64. The van der Waals surface area contributed by atoms with Gasteiger partial charge in [0.1, 0.15) is 4.90 Å². The molecule has 0 aromatic heterocycles. The zero-order valence-corrected chi connectivity index (χ0v) is 17.4. The van der Waals surface area contributed by atoms with Crippen molar-refractivity contribution in [3.63, 3.8) is 0 Å². The fraction of sp³-hybridized carbons (Fsp3) is 0.562. The van der Waals surface area contributed by atoms with Crippen LogP contribution in [0.3, 0.4) is 0 Å². The molecule has 1 atom stereocenters. The van der Waals surface area contributed by atoms with Gasteiger partial charge in [0.05, 0.1) is 11.3 Å². The lowest BCUT2D eigenvalue weighted by atomic mass is 9.98. The smallest absolute Gasteiger partial charge is 0.242 e. The molecule has 0 radical (unpaired) electrons. The first kappa shape index (κ1) is 22.1. The molecule has 1 aliphatic rings. The number of carbonyl (C=O) groups excluding carboxylic acids is 1. The topological polar surface area (TPSA) is 113 Å². The standard InChI is InChI=1S/C16H24ClN3O5S2/c1-26(22,23)19-11-13-5-4-10-20(12-13)16(21)8-9-18-27(24,25)15-7-3-2-6-14(15)17/h2-3,6-7,13,18-19H,4-5,8-12H2,1H3. The molecule has 1 aliphatic heterocycles. The predicted molar refractivity (Wildman–Crippen MR) is 103 cm³/mol. The van der Waals surface area contributed by atoms with Crippen molar-refractivity contribution >= 4 is 37.6 Å². The van der Waals surface area contributed by atoms with Gasteiger partial charge in [0.25, 0.3) is 0 Å². The van der Waals surface area contributed by atoms with Gasteiger partial charge < -0.3 is 4.90 Å². The maximum absolute atomic E-state index is 12.4. The van der Waals surface area contributed by atoms with Crippen LogP contribution < -0.4 is 9.44 Å². The third-order valence-electron chi connectivity index (χ3n) is 4.26. The Morgan fingerprint density at radius 3 is 2.59 bits per heavy atom.